The summed E-state index contributed by atoms with van der Waals surface area (Å²) in [6, 6.07) is 0. The fourth-order valence-electron chi connectivity index (χ4n) is 1.62. The summed E-state index contributed by atoms with van der Waals surface area (Å²) < 4.78 is 0. The summed E-state index contributed by atoms with van der Waals surface area (Å²) in [5.74, 6) is 0.827. The molecule has 1 amide bonds. The number of carbonyl (C=O) groups excluding carboxylic acids is 1. The van der Waals surface area contributed by atoms with Gasteiger partial charge >= 0.3 is 0 Å². The van der Waals surface area contributed by atoms with Crippen molar-refractivity contribution in [3.8, 4) is 0 Å². The minimum Gasteiger partial charge on any atom is -0.369 e. The maximum Gasteiger partial charge on any atom is 0.224 e. The minimum atomic E-state index is 0.144. The molecule has 5 nitrogen and oxygen atoms in total. The molecule has 6 heteroatoms. The Morgan fingerprint density at radius 3 is 2.72 bits per heavy atom. The molecular formula is C12H19ClN4O. The number of rotatable bonds is 6. The van der Waals surface area contributed by atoms with Gasteiger partial charge in [-0.05, 0) is 32.4 Å². The molecule has 100 valence electrons. The first-order valence-electron chi connectivity index (χ1n) is 6.09. The van der Waals surface area contributed by atoms with Gasteiger partial charge in [0, 0.05) is 37.8 Å². The van der Waals surface area contributed by atoms with E-state index >= 15 is 0 Å². The molecule has 1 rings (SSSR count). The molecule has 0 atom stereocenters. The molecule has 1 aromatic heterocycles. The van der Waals surface area contributed by atoms with Crippen molar-refractivity contribution >= 4 is 23.3 Å². The Labute approximate surface area is 113 Å². The molecule has 1 N–H and O–H groups in total. The van der Waals surface area contributed by atoms with Gasteiger partial charge in [-0.15, -0.1) is 0 Å². The molecule has 1 heterocycles. The second-order valence-electron chi connectivity index (χ2n) is 3.91. The normalized spacial score (nSPS) is 10.2. The third-order valence-electron chi connectivity index (χ3n) is 2.69. The number of halogens is 1. The molecule has 18 heavy (non-hydrogen) atoms. The van der Waals surface area contributed by atoms with Gasteiger partial charge in [0.25, 0.3) is 0 Å². The van der Waals surface area contributed by atoms with Crippen LogP contribution in [0.2, 0.25) is 5.28 Å². The summed E-state index contributed by atoms with van der Waals surface area (Å²) in [4.78, 5) is 21.5. The predicted molar refractivity (Wildman–Crippen MR) is 72.8 cm³/mol. The van der Waals surface area contributed by atoms with Gasteiger partial charge in [0.1, 0.15) is 5.82 Å². The number of aromatic nitrogens is 2. The Balaban J connectivity index is 2.46. The van der Waals surface area contributed by atoms with Gasteiger partial charge in [0.15, 0.2) is 0 Å². The van der Waals surface area contributed by atoms with Crippen LogP contribution in [0.3, 0.4) is 0 Å². The topological polar surface area (TPSA) is 58.1 Å². The van der Waals surface area contributed by atoms with Crippen LogP contribution in [0.5, 0.6) is 0 Å². The van der Waals surface area contributed by atoms with Crippen LogP contribution in [0, 0.1) is 6.92 Å². The van der Waals surface area contributed by atoms with Gasteiger partial charge < -0.3 is 10.2 Å². The number of hydrogen-bond acceptors (Lipinski definition) is 4. The molecule has 0 aliphatic rings. The summed E-state index contributed by atoms with van der Waals surface area (Å²) in [7, 11) is 0. The fourth-order valence-corrected chi connectivity index (χ4v) is 1.76. The van der Waals surface area contributed by atoms with Crippen molar-refractivity contribution in [2.45, 2.75) is 27.2 Å². The molecule has 0 aliphatic heterocycles. The van der Waals surface area contributed by atoms with E-state index in [1.54, 1.807) is 6.20 Å². The molecular weight excluding hydrogens is 252 g/mol. The van der Waals surface area contributed by atoms with Crippen LogP contribution in [0.4, 0.5) is 5.82 Å². The van der Waals surface area contributed by atoms with Gasteiger partial charge in [-0.25, -0.2) is 9.97 Å². The van der Waals surface area contributed by atoms with E-state index in [2.05, 4.69) is 15.3 Å². The highest BCUT2D eigenvalue weighted by Crippen LogP contribution is 2.12. The largest absolute Gasteiger partial charge is 0.369 e. The molecule has 0 saturated heterocycles. The zero-order chi connectivity index (χ0) is 13.5. The number of aryl methyl sites for hydroxylation is 1. The van der Waals surface area contributed by atoms with Crippen molar-refractivity contribution in [2.75, 3.05) is 25.0 Å². The minimum absolute atomic E-state index is 0.144. The first-order chi connectivity index (χ1) is 8.58. The third kappa shape index (κ3) is 4.14. The average molecular weight is 271 g/mol. The lowest BCUT2D eigenvalue weighted by Crippen LogP contribution is -2.31. The Bertz CT molecular complexity index is 407. The van der Waals surface area contributed by atoms with E-state index in [0.717, 1.165) is 18.7 Å². The monoisotopic (exact) mass is 270 g/mol. The van der Waals surface area contributed by atoms with Gasteiger partial charge in [-0.2, -0.15) is 0 Å². The lowest BCUT2D eigenvalue weighted by Gasteiger charge is -2.18. The molecule has 0 unspecified atom stereocenters. The van der Waals surface area contributed by atoms with Crippen molar-refractivity contribution in [1.29, 1.82) is 0 Å². The van der Waals surface area contributed by atoms with Gasteiger partial charge in [-0.1, -0.05) is 0 Å². The summed E-state index contributed by atoms with van der Waals surface area (Å²) in [6.45, 7) is 7.88. The van der Waals surface area contributed by atoms with E-state index in [9.17, 15) is 4.79 Å². The zero-order valence-electron chi connectivity index (χ0n) is 11.0. The summed E-state index contributed by atoms with van der Waals surface area (Å²) in [5.41, 5.74) is 0.912. The lowest BCUT2D eigenvalue weighted by molar-refractivity contribution is -0.130. The number of amides is 1. The molecule has 0 radical (unpaired) electrons. The second kappa shape index (κ2) is 7.16. The van der Waals surface area contributed by atoms with Gasteiger partial charge in [0.2, 0.25) is 11.2 Å². The van der Waals surface area contributed by atoms with E-state index in [0.29, 0.717) is 18.8 Å². The maximum atomic E-state index is 11.8. The van der Waals surface area contributed by atoms with Crippen LogP contribution in [0.25, 0.3) is 0 Å². The number of anilines is 1. The summed E-state index contributed by atoms with van der Waals surface area (Å²) in [6.07, 6.45) is 2.10. The number of carbonyl (C=O) groups is 1. The molecule has 0 saturated carbocycles. The van der Waals surface area contributed by atoms with Gasteiger partial charge in [-0.3, -0.25) is 4.79 Å². The zero-order valence-corrected chi connectivity index (χ0v) is 11.8. The molecule has 0 fully saturated rings. The average Bonchev–Trinajstić information content (AvgIpc) is 2.35. The van der Waals surface area contributed by atoms with Crippen molar-refractivity contribution in [3.63, 3.8) is 0 Å². The summed E-state index contributed by atoms with van der Waals surface area (Å²) >= 11 is 5.72. The Kier molecular flexibility index (Phi) is 5.85. The molecule has 0 spiro atoms. The van der Waals surface area contributed by atoms with Crippen molar-refractivity contribution < 1.29 is 4.79 Å². The van der Waals surface area contributed by atoms with Crippen molar-refractivity contribution in [3.05, 3.63) is 17.0 Å². The second-order valence-corrected chi connectivity index (χ2v) is 4.25. The van der Waals surface area contributed by atoms with Crippen molar-refractivity contribution in [2.24, 2.45) is 0 Å². The van der Waals surface area contributed by atoms with Crippen LogP contribution in [0.1, 0.15) is 25.8 Å². The number of nitrogens with zero attached hydrogens (tertiary/aromatic N) is 3. The van der Waals surface area contributed by atoms with Crippen molar-refractivity contribution in [1.82, 2.24) is 14.9 Å². The van der Waals surface area contributed by atoms with Gasteiger partial charge in [0.05, 0.1) is 0 Å². The van der Waals surface area contributed by atoms with Crippen LogP contribution in [-0.4, -0.2) is 40.4 Å². The molecule has 0 aliphatic carbocycles. The Morgan fingerprint density at radius 2 is 2.11 bits per heavy atom. The van der Waals surface area contributed by atoms with E-state index in [-0.39, 0.29) is 11.2 Å². The van der Waals surface area contributed by atoms with E-state index in [1.807, 2.05) is 25.7 Å². The van der Waals surface area contributed by atoms with E-state index in [4.69, 9.17) is 11.6 Å². The fraction of sp³-hybridized carbons (Fsp3) is 0.583. The highest BCUT2D eigenvalue weighted by molar-refractivity contribution is 6.28. The van der Waals surface area contributed by atoms with Crippen LogP contribution in [-0.2, 0) is 4.79 Å². The third-order valence-corrected chi connectivity index (χ3v) is 2.87. The van der Waals surface area contributed by atoms with Crippen LogP contribution >= 0.6 is 11.6 Å². The lowest BCUT2D eigenvalue weighted by atomic mass is 10.3. The quantitative estimate of drug-likeness (QED) is 0.805. The highest BCUT2D eigenvalue weighted by atomic mass is 35.5. The first-order valence-corrected chi connectivity index (χ1v) is 6.47. The molecule has 0 bridgehead atoms. The standard InChI is InChI=1S/C12H19ClN4O/c1-4-17(5-2)10(18)6-7-14-11-9(3)8-15-12(13)16-11/h8H,4-7H2,1-3H3,(H,14,15,16). The number of nitrogens with one attached hydrogen (secondary N) is 1. The highest BCUT2D eigenvalue weighted by Gasteiger charge is 2.09. The molecule has 0 aromatic carbocycles. The van der Waals surface area contributed by atoms with E-state index < -0.39 is 0 Å². The number of hydrogen-bond donors (Lipinski definition) is 1. The predicted octanol–water partition coefficient (Wildman–Crippen LogP) is 2.11. The maximum absolute atomic E-state index is 11.8. The van der Waals surface area contributed by atoms with Crippen LogP contribution < -0.4 is 5.32 Å². The molecule has 1 aromatic rings. The van der Waals surface area contributed by atoms with E-state index in [1.165, 1.54) is 0 Å². The Morgan fingerprint density at radius 1 is 1.44 bits per heavy atom. The smallest absolute Gasteiger partial charge is 0.224 e. The first kappa shape index (κ1) is 14.7. The Hall–Kier alpha value is -1.36. The van der Waals surface area contributed by atoms with Crippen LogP contribution in [0.15, 0.2) is 6.20 Å². The summed E-state index contributed by atoms with van der Waals surface area (Å²) in [5, 5.41) is 3.31. The SMILES string of the molecule is CCN(CC)C(=O)CCNc1nc(Cl)ncc1C.